The average Bonchev–Trinajstić information content (AvgIpc) is 2.46. The molecule has 2 rings (SSSR count). The third kappa shape index (κ3) is 3.03. The standard InChI is InChI=1S/C15H16ClNO2S/c1-12(13-7-6-8-14(16)11-13)17(2)20(18,19)15-9-4-3-5-10-15/h3-12H,1-2H3. The zero-order valence-electron chi connectivity index (χ0n) is 11.3. The van der Waals surface area contributed by atoms with E-state index in [0.717, 1.165) is 5.56 Å². The van der Waals surface area contributed by atoms with Crippen molar-refractivity contribution in [3.63, 3.8) is 0 Å². The Morgan fingerprint density at radius 3 is 2.30 bits per heavy atom. The summed E-state index contributed by atoms with van der Waals surface area (Å²) in [4.78, 5) is 0.288. The summed E-state index contributed by atoms with van der Waals surface area (Å²) in [5.41, 5.74) is 0.861. The van der Waals surface area contributed by atoms with E-state index in [9.17, 15) is 8.42 Å². The second-order valence-electron chi connectivity index (χ2n) is 4.57. The molecule has 0 saturated carbocycles. The van der Waals surface area contributed by atoms with Gasteiger partial charge in [-0.25, -0.2) is 8.42 Å². The maximum absolute atomic E-state index is 12.5. The van der Waals surface area contributed by atoms with Crippen molar-refractivity contribution in [3.05, 3.63) is 65.2 Å². The molecule has 0 aliphatic heterocycles. The number of sulfonamides is 1. The summed E-state index contributed by atoms with van der Waals surface area (Å²) in [7, 11) is -1.93. The Bertz CT molecular complexity index is 686. The van der Waals surface area contributed by atoms with Gasteiger partial charge in [0.05, 0.1) is 4.90 Å². The summed E-state index contributed by atoms with van der Waals surface area (Å²) in [6.07, 6.45) is 0. The molecular weight excluding hydrogens is 294 g/mol. The van der Waals surface area contributed by atoms with Gasteiger partial charge >= 0.3 is 0 Å². The molecule has 1 unspecified atom stereocenters. The third-order valence-corrected chi connectivity index (χ3v) is 5.47. The topological polar surface area (TPSA) is 37.4 Å². The first-order valence-corrected chi connectivity index (χ1v) is 8.03. The predicted molar refractivity (Wildman–Crippen MR) is 81.3 cm³/mol. The lowest BCUT2D eigenvalue weighted by molar-refractivity contribution is 0.398. The largest absolute Gasteiger partial charge is 0.243 e. The van der Waals surface area contributed by atoms with Crippen LogP contribution in [-0.2, 0) is 10.0 Å². The molecule has 5 heteroatoms. The van der Waals surface area contributed by atoms with Crippen LogP contribution < -0.4 is 0 Å². The Labute approximate surface area is 124 Å². The summed E-state index contributed by atoms with van der Waals surface area (Å²) in [6, 6.07) is 15.3. The van der Waals surface area contributed by atoms with E-state index in [-0.39, 0.29) is 10.9 Å². The molecule has 3 nitrogen and oxygen atoms in total. The first-order valence-electron chi connectivity index (χ1n) is 6.21. The van der Waals surface area contributed by atoms with Gasteiger partial charge in [-0.2, -0.15) is 4.31 Å². The Morgan fingerprint density at radius 1 is 1.05 bits per heavy atom. The minimum absolute atomic E-state index is 0.288. The van der Waals surface area contributed by atoms with E-state index in [0.29, 0.717) is 5.02 Å². The molecule has 0 bridgehead atoms. The van der Waals surface area contributed by atoms with Crippen molar-refractivity contribution in [2.75, 3.05) is 7.05 Å². The Morgan fingerprint density at radius 2 is 1.70 bits per heavy atom. The van der Waals surface area contributed by atoms with Crippen LogP contribution in [0.2, 0.25) is 5.02 Å². The Balaban J connectivity index is 2.33. The Hall–Kier alpha value is -1.36. The van der Waals surface area contributed by atoms with Gasteiger partial charge in [0.2, 0.25) is 10.0 Å². The molecule has 0 aromatic heterocycles. The van der Waals surface area contributed by atoms with Gasteiger partial charge in [-0.15, -0.1) is 0 Å². The molecule has 2 aromatic rings. The van der Waals surface area contributed by atoms with Crippen LogP contribution in [0.15, 0.2) is 59.5 Å². The summed E-state index contributed by atoms with van der Waals surface area (Å²) in [5, 5.41) is 0.597. The molecular formula is C15H16ClNO2S. The van der Waals surface area contributed by atoms with Crippen LogP contribution in [0.1, 0.15) is 18.5 Å². The van der Waals surface area contributed by atoms with Crippen LogP contribution in [0.3, 0.4) is 0 Å². The van der Waals surface area contributed by atoms with Gasteiger partial charge in [-0.05, 0) is 36.8 Å². The van der Waals surface area contributed by atoms with Crippen molar-refractivity contribution >= 4 is 21.6 Å². The van der Waals surface area contributed by atoms with Gasteiger partial charge in [0, 0.05) is 18.1 Å². The molecule has 0 N–H and O–H groups in total. The fourth-order valence-corrected chi connectivity index (χ4v) is 3.51. The van der Waals surface area contributed by atoms with Crippen LogP contribution in [0.5, 0.6) is 0 Å². The van der Waals surface area contributed by atoms with Crippen molar-refractivity contribution in [2.24, 2.45) is 0 Å². The monoisotopic (exact) mass is 309 g/mol. The third-order valence-electron chi connectivity index (χ3n) is 3.30. The van der Waals surface area contributed by atoms with Gasteiger partial charge in [0.1, 0.15) is 0 Å². The highest BCUT2D eigenvalue weighted by molar-refractivity contribution is 7.89. The smallest absolute Gasteiger partial charge is 0.207 e. The van der Waals surface area contributed by atoms with Crippen LogP contribution in [0, 0.1) is 0 Å². The quantitative estimate of drug-likeness (QED) is 0.863. The van der Waals surface area contributed by atoms with Crippen molar-refractivity contribution < 1.29 is 8.42 Å². The number of hydrogen-bond acceptors (Lipinski definition) is 2. The van der Waals surface area contributed by atoms with E-state index in [1.807, 2.05) is 19.1 Å². The second kappa shape index (κ2) is 5.95. The number of rotatable bonds is 4. The first kappa shape index (κ1) is 15.0. The molecule has 0 fully saturated rings. The van der Waals surface area contributed by atoms with E-state index in [1.54, 1.807) is 49.5 Å². The molecule has 0 aliphatic carbocycles. The number of nitrogens with zero attached hydrogens (tertiary/aromatic N) is 1. The fraction of sp³-hybridized carbons (Fsp3) is 0.200. The van der Waals surface area contributed by atoms with E-state index >= 15 is 0 Å². The van der Waals surface area contributed by atoms with Gasteiger partial charge in [0.15, 0.2) is 0 Å². The molecule has 20 heavy (non-hydrogen) atoms. The average molecular weight is 310 g/mol. The molecule has 0 aliphatic rings. The minimum atomic E-state index is -3.51. The van der Waals surface area contributed by atoms with Crippen LogP contribution in [0.25, 0.3) is 0 Å². The molecule has 106 valence electrons. The number of hydrogen-bond donors (Lipinski definition) is 0. The number of halogens is 1. The zero-order valence-corrected chi connectivity index (χ0v) is 12.9. The van der Waals surface area contributed by atoms with E-state index in [4.69, 9.17) is 11.6 Å². The van der Waals surface area contributed by atoms with E-state index in [1.165, 1.54) is 4.31 Å². The lowest BCUT2D eigenvalue weighted by atomic mass is 10.1. The molecule has 0 saturated heterocycles. The van der Waals surface area contributed by atoms with Gasteiger partial charge < -0.3 is 0 Å². The highest BCUT2D eigenvalue weighted by Crippen LogP contribution is 2.26. The number of benzene rings is 2. The molecule has 0 heterocycles. The summed E-state index contributed by atoms with van der Waals surface area (Å²) in [6.45, 7) is 1.84. The van der Waals surface area contributed by atoms with Gasteiger partial charge in [-0.3, -0.25) is 0 Å². The van der Waals surface area contributed by atoms with Crippen molar-refractivity contribution in [1.82, 2.24) is 4.31 Å². The maximum Gasteiger partial charge on any atom is 0.243 e. The lowest BCUT2D eigenvalue weighted by Crippen LogP contribution is -2.29. The molecule has 0 amide bonds. The summed E-state index contributed by atoms with van der Waals surface area (Å²) >= 11 is 5.96. The van der Waals surface area contributed by atoms with Crippen LogP contribution in [-0.4, -0.2) is 19.8 Å². The van der Waals surface area contributed by atoms with Crippen LogP contribution in [0.4, 0.5) is 0 Å². The summed E-state index contributed by atoms with van der Waals surface area (Å²) in [5.74, 6) is 0. The van der Waals surface area contributed by atoms with E-state index < -0.39 is 10.0 Å². The first-order chi connectivity index (χ1) is 9.43. The predicted octanol–water partition coefficient (Wildman–Crippen LogP) is 3.72. The maximum atomic E-state index is 12.5. The van der Waals surface area contributed by atoms with Crippen molar-refractivity contribution in [3.8, 4) is 0 Å². The van der Waals surface area contributed by atoms with E-state index in [2.05, 4.69) is 0 Å². The molecule has 1 atom stereocenters. The highest BCUT2D eigenvalue weighted by atomic mass is 35.5. The van der Waals surface area contributed by atoms with Gasteiger partial charge in [0.25, 0.3) is 0 Å². The Kier molecular flexibility index (Phi) is 4.48. The molecule has 2 aromatic carbocycles. The molecule has 0 spiro atoms. The van der Waals surface area contributed by atoms with Gasteiger partial charge in [-0.1, -0.05) is 41.9 Å². The lowest BCUT2D eigenvalue weighted by Gasteiger charge is -2.24. The van der Waals surface area contributed by atoms with Crippen molar-refractivity contribution in [2.45, 2.75) is 17.9 Å². The SMILES string of the molecule is CC(c1cccc(Cl)c1)N(C)S(=O)(=O)c1ccccc1. The van der Waals surface area contributed by atoms with Crippen molar-refractivity contribution in [1.29, 1.82) is 0 Å². The van der Waals surface area contributed by atoms with Crippen LogP contribution >= 0.6 is 11.6 Å². The fourth-order valence-electron chi connectivity index (χ4n) is 1.94. The second-order valence-corrected chi connectivity index (χ2v) is 7.00. The normalized spacial score (nSPS) is 13.4. The highest BCUT2D eigenvalue weighted by Gasteiger charge is 2.26. The summed E-state index contributed by atoms with van der Waals surface area (Å²) < 4.78 is 26.4. The molecule has 0 radical (unpaired) electrons. The zero-order chi connectivity index (χ0) is 14.8. The minimum Gasteiger partial charge on any atom is -0.207 e.